The van der Waals surface area contributed by atoms with Crippen molar-refractivity contribution in [2.75, 3.05) is 19.6 Å². The smallest absolute Gasteiger partial charge is 0.246 e. The number of carbonyl (C=O) groups excluding carboxylic acids is 2. The highest BCUT2D eigenvalue weighted by Crippen LogP contribution is 2.33. The molecule has 1 aromatic heterocycles. The van der Waals surface area contributed by atoms with Gasteiger partial charge in [-0.1, -0.05) is 43.4 Å². The predicted molar refractivity (Wildman–Crippen MR) is 125 cm³/mol. The molecule has 2 amide bonds. The molecule has 162 valence electrons. The average molecular weight is 436 g/mol. The highest BCUT2D eigenvalue weighted by molar-refractivity contribution is 7.19. The first-order chi connectivity index (χ1) is 15.1. The number of hydrogen-bond donors (Lipinski definition) is 1. The highest BCUT2D eigenvalue weighted by Gasteiger charge is 2.43. The first-order valence-electron chi connectivity index (χ1n) is 11.3. The van der Waals surface area contributed by atoms with Crippen molar-refractivity contribution in [3.05, 3.63) is 58.5 Å². The van der Waals surface area contributed by atoms with Gasteiger partial charge in [0.1, 0.15) is 12.1 Å². The summed E-state index contributed by atoms with van der Waals surface area (Å²) in [5, 5.41) is 4.34. The SMILES string of the molecule is CCc1sc2ccccc2c1CN1CCN2C(=O)C(CC3=CCCC=C3)NC(=O)C2C1. The minimum atomic E-state index is -0.434. The Balaban J connectivity index is 1.30. The molecule has 2 atom stereocenters. The van der Waals surface area contributed by atoms with E-state index in [1.54, 1.807) is 0 Å². The molecule has 2 saturated heterocycles. The molecular formula is C25H29N3O2S. The number of aryl methyl sites for hydroxylation is 1. The van der Waals surface area contributed by atoms with E-state index in [4.69, 9.17) is 0 Å². The van der Waals surface area contributed by atoms with Crippen molar-refractivity contribution in [1.29, 1.82) is 0 Å². The summed E-state index contributed by atoms with van der Waals surface area (Å²) in [6, 6.07) is 7.76. The quantitative estimate of drug-likeness (QED) is 0.780. The Morgan fingerprint density at radius 2 is 2.03 bits per heavy atom. The minimum Gasteiger partial charge on any atom is -0.342 e. The Morgan fingerprint density at radius 1 is 1.16 bits per heavy atom. The number of carbonyl (C=O) groups is 2. The summed E-state index contributed by atoms with van der Waals surface area (Å²) in [7, 11) is 0. The molecule has 1 aromatic carbocycles. The van der Waals surface area contributed by atoms with Crippen molar-refractivity contribution in [2.24, 2.45) is 0 Å². The third-order valence-electron chi connectivity index (χ3n) is 6.66. The first-order valence-corrected chi connectivity index (χ1v) is 12.1. The van der Waals surface area contributed by atoms with Crippen LogP contribution >= 0.6 is 11.3 Å². The number of nitrogens with zero attached hydrogens (tertiary/aromatic N) is 2. The van der Waals surface area contributed by atoms with Gasteiger partial charge in [-0.15, -0.1) is 11.3 Å². The summed E-state index contributed by atoms with van der Waals surface area (Å²) in [6.07, 6.45) is 10.1. The Morgan fingerprint density at radius 3 is 2.84 bits per heavy atom. The van der Waals surface area contributed by atoms with Crippen LogP contribution in [0.2, 0.25) is 0 Å². The fraction of sp³-hybridized carbons (Fsp3) is 0.440. The summed E-state index contributed by atoms with van der Waals surface area (Å²) >= 11 is 1.87. The predicted octanol–water partition coefficient (Wildman–Crippen LogP) is 3.64. The van der Waals surface area contributed by atoms with Gasteiger partial charge in [-0.3, -0.25) is 14.5 Å². The Labute approximate surface area is 187 Å². The minimum absolute atomic E-state index is 0.0134. The van der Waals surface area contributed by atoms with Crippen molar-refractivity contribution in [3.63, 3.8) is 0 Å². The number of rotatable bonds is 5. The zero-order valence-corrected chi connectivity index (χ0v) is 18.8. The fourth-order valence-corrected chi connectivity index (χ4v) is 6.18. The van der Waals surface area contributed by atoms with Gasteiger partial charge >= 0.3 is 0 Å². The first kappa shape index (κ1) is 20.5. The Bertz CT molecular complexity index is 1070. The lowest BCUT2D eigenvalue weighted by molar-refractivity contribution is -0.153. The molecule has 0 saturated carbocycles. The van der Waals surface area contributed by atoms with Gasteiger partial charge in [0.2, 0.25) is 11.8 Å². The molecule has 1 N–H and O–H groups in total. The molecule has 3 aliphatic rings. The second-order valence-electron chi connectivity index (χ2n) is 8.66. The van der Waals surface area contributed by atoms with Crippen LogP contribution in [0.25, 0.3) is 10.1 Å². The van der Waals surface area contributed by atoms with Crippen molar-refractivity contribution in [2.45, 2.75) is 51.2 Å². The molecule has 5 rings (SSSR count). The lowest BCUT2D eigenvalue weighted by Crippen LogP contribution is -2.69. The van der Waals surface area contributed by atoms with E-state index in [1.165, 1.54) is 20.5 Å². The van der Waals surface area contributed by atoms with Crippen LogP contribution in [0.15, 0.2) is 48.1 Å². The molecule has 31 heavy (non-hydrogen) atoms. The van der Waals surface area contributed by atoms with E-state index in [9.17, 15) is 9.59 Å². The van der Waals surface area contributed by atoms with Crippen molar-refractivity contribution >= 4 is 33.2 Å². The van der Waals surface area contributed by atoms with Gasteiger partial charge in [0.25, 0.3) is 0 Å². The maximum Gasteiger partial charge on any atom is 0.246 e. The summed E-state index contributed by atoms with van der Waals surface area (Å²) in [6.45, 7) is 5.06. The lowest BCUT2D eigenvalue weighted by atomic mass is 9.95. The van der Waals surface area contributed by atoms with Crippen LogP contribution < -0.4 is 5.32 Å². The monoisotopic (exact) mass is 435 g/mol. The number of allylic oxidation sites excluding steroid dienone is 3. The Kier molecular flexibility index (Phi) is 5.67. The van der Waals surface area contributed by atoms with Gasteiger partial charge in [-0.25, -0.2) is 0 Å². The molecule has 0 radical (unpaired) electrons. The molecule has 6 heteroatoms. The van der Waals surface area contributed by atoms with Gasteiger partial charge in [-0.2, -0.15) is 0 Å². The van der Waals surface area contributed by atoms with E-state index in [-0.39, 0.29) is 17.9 Å². The van der Waals surface area contributed by atoms with Gasteiger partial charge in [0.05, 0.1) is 0 Å². The zero-order valence-electron chi connectivity index (χ0n) is 18.0. The van der Waals surface area contributed by atoms with E-state index >= 15 is 0 Å². The standard InChI is InChI=1S/C25H29N3O2S/c1-2-22-19(18-10-6-7-11-23(18)31-22)15-27-12-13-28-21(16-27)24(29)26-20(25(28)30)14-17-8-4-3-5-9-17/h4,6-11,20-21H,2-3,5,12-16H2,1H3,(H,26,29). The number of piperazine rings is 2. The van der Waals surface area contributed by atoms with Crippen LogP contribution in [0.4, 0.5) is 0 Å². The second-order valence-corrected chi connectivity index (χ2v) is 9.80. The van der Waals surface area contributed by atoms with Gasteiger partial charge in [-0.05, 0) is 41.9 Å². The normalized spacial score (nSPS) is 24.3. The molecule has 5 nitrogen and oxygen atoms in total. The van der Waals surface area contributed by atoms with Crippen molar-refractivity contribution in [3.8, 4) is 0 Å². The summed E-state index contributed by atoms with van der Waals surface area (Å²) in [5.74, 6) is 0.0555. The van der Waals surface area contributed by atoms with Crippen molar-refractivity contribution < 1.29 is 9.59 Å². The summed E-state index contributed by atoms with van der Waals surface area (Å²) in [4.78, 5) is 31.6. The van der Waals surface area contributed by atoms with Crippen molar-refractivity contribution in [1.82, 2.24) is 15.1 Å². The molecule has 0 spiro atoms. The number of benzene rings is 1. The molecule has 2 aliphatic heterocycles. The molecular weight excluding hydrogens is 406 g/mol. The average Bonchev–Trinajstić information content (AvgIpc) is 3.15. The number of amides is 2. The van der Waals surface area contributed by atoms with E-state index in [0.29, 0.717) is 19.5 Å². The maximum absolute atomic E-state index is 13.1. The summed E-state index contributed by atoms with van der Waals surface area (Å²) in [5.41, 5.74) is 2.53. The van der Waals surface area contributed by atoms with Crippen LogP contribution in [0.3, 0.4) is 0 Å². The van der Waals surface area contributed by atoms with E-state index in [0.717, 1.165) is 37.9 Å². The number of fused-ring (bicyclic) bond motifs is 2. The van der Waals surface area contributed by atoms with Gasteiger partial charge < -0.3 is 10.2 Å². The Hall–Kier alpha value is -2.44. The number of hydrogen-bond acceptors (Lipinski definition) is 4. The highest BCUT2D eigenvalue weighted by atomic mass is 32.1. The largest absolute Gasteiger partial charge is 0.342 e. The third-order valence-corrected chi connectivity index (χ3v) is 8.02. The number of thiophene rings is 1. The van der Waals surface area contributed by atoms with Crippen LogP contribution in [-0.4, -0.2) is 53.3 Å². The van der Waals surface area contributed by atoms with Crippen LogP contribution in [0, 0.1) is 0 Å². The molecule has 0 bridgehead atoms. The van der Waals surface area contributed by atoms with E-state index in [2.05, 4.69) is 59.6 Å². The third kappa shape index (κ3) is 3.94. The molecule has 1 aliphatic carbocycles. The topological polar surface area (TPSA) is 52.6 Å². The molecule has 2 aromatic rings. The molecule has 2 fully saturated rings. The van der Waals surface area contributed by atoms with E-state index in [1.807, 2.05) is 16.2 Å². The number of nitrogens with one attached hydrogen (secondary N) is 1. The molecule has 2 unspecified atom stereocenters. The lowest BCUT2D eigenvalue weighted by Gasteiger charge is -2.45. The van der Waals surface area contributed by atoms with Gasteiger partial charge in [0, 0.05) is 42.2 Å². The van der Waals surface area contributed by atoms with Crippen LogP contribution in [0.5, 0.6) is 0 Å². The van der Waals surface area contributed by atoms with Crippen LogP contribution in [0.1, 0.15) is 36.6 Å². The zero-order chi connectivity index (χ0) is 21.4. The van der Waals surface area contributed by atoms with Gasteiger partial charge in [0.15, 0.2) is 0 Å². The maximum atomic E-state index is 13.1. The second kappa shape index (κ2) is 8.60. The summed E-state index contributed by atoms with van der Waals surface area (Å²) < 4.78 is 1.33. The van der Waals surface area contributed by atoms with E-state index < -0.39 is 6.04 Å². The fourth-order valence-electron chi connectivity index (χ4n) is 5.03. The van der Waals surface area contributed by atoms with Crippen LogP contribution in [-0.2, 0) is 22.6 Å². The molecule has 3 heterocycles.